The number of hydrogen-bond acceptors (Lipinski definition) is 3. The maximum atomic E-state index is 12.8. The molecule has 0 fully saturated rings. The number of carbonyl (C=O) groups is 1. The van der Waals surface area contributed by atoms with Gasteiger partial charge in [-0.2, -0.15) is 0 Å². The Morgan fingerprint density at radius 3 is 2.57 bits per heavy atom. The molecule has 0 aromatic heterocycles. The van der Waals surface area contributed by atoms with Gasteiger partial charge < -0.3 is 14.7 Å². The van der Waals surface area contributed by atoms with Crippen molar-refractivity contribution in [3.8, 4) is 11.5 Å². The van der Waals surface area contributed by atoms with Gasteiger partial charge in [0.2, 0.25) is 5.91 Å². The van der Waals surface area contributed by atoms with Crippen LogP contribution in [-0.4, -0.2) is 36.1 Å². The molecule has 0 atom stereocenters. The van der Waals surface area contributed by atoms with Gasteiger partial charge in [0.05, 0.1) is 6.54 Å². The van der Waals surface area contributed by atoms with Crippen molar-refractivity contribution < 1.29 is 19.0 Å². The summed E-state index contributed by atoms with van der Waals surface area (Å²) in [5, 5.41) is 9.68. The molecule has 0 heterocycles. The number of halogens is 1. The van der Waals surface area contributed by atoms with E-state index in [1.807, 2.05) is 6.07 Å². The highest BCUT2D eigenvalue weighted by atomic mass is 19.1. The topological polar surface area (TPSA) is 49.8 Å². The van der Waals surface area contributed by atoms with E-state index in [4.69, 9.17) is 4.74 Å². The zero-order valence-electron chi connectivity index (χ0n) is 13.0. The summed E-state index contributed by atoms with van der Waals surface area (Å²) in [5.74, 6) is 0.453. The van der Waals surface area contributed by atoms with Gasteiger partial charge >= 0.3 is 0 Å². The van der Waals surface area contributed by atoms with E-state index < -0.39 is 0 Å². The van der Waals surface area contributed by atoms with Crippen molar-refractivity contribution in [2.24, 2.45) is 0 Å². The highest BCUT2D eigenvalue weighted by molar-refractivity contribution is 5.76. The first-order chi connectivity index (χ1) is 11.1. The molecule has 0 aliphatic heterocycles. The maximum absolute atomic E-state index is 12.8. The van der Waals surface area contributed by atoms with E-state index in [1.54, 1.807) is 42.3 Å². The van der Waals surface area contributed by atoms with Gasteiger partial charge in [-0.15, -0.1) is 0 Å². The number of carbonyl (C=O) groups excluding carboxylic acids is 1. The van der Waals surface area contributed by atoms with Crippen molar-refractivity contribution in [1.82, 2.24) is 4.90 Å². The second kappa shape index (κ2) is 8.17. The summed E-state index contributed by atoms with van der Waals surface area (Å²) in [4.78, 5) is 13.6. The van der Waals surface area contributed by atoms with Crippen LogP contribution in [0.5, 0.6) is 11.5 Å². The van der Waals surface area contributed by atoms with Crippen LogP contribution in [-0.2, 0) is 11.2 Å². The third-order valence-corrected chi connectivity index (χ3v) is 3.53. The molecule has 1 amide bonds. The van der Waals surface area contributed by atoms with Gasteiger partial charge in [-0.25, -0.2) is 4.39 Å². The summed E-state index contributed by atoms with van der Waals surface area (Å²) in [7, 11) is 1.71. The highest BCUT2D eigenvalue weighted by Gasteiger charge is 2.10. The average Bonchev–Trinajstić information content (AvgIpc) is 2.55. The lowest BCUT2D eigenvalue weighted by atomic mass is 10.1. The smallest absolute Gasteiger partial charge is 0.222 e. The third-order valence-electron chi connectivity index (χ3n) is 3.53. The second-order valence-corrected chi connectivity index (χ2v) is 5.25. The summed E-state index contributed by atoms with van der Waals surface area (Å²) in [5.41, 5.74) is 0.761. The summed E-state index contributed by atoms with van der Waals surface area (Å²) >= 11 is 0. The summed E-state index contributed by atoms with van der Waals surface area (Å²) < 4.78 is 18.2. The zero-order chi connectivity index (χ0) is 16.7. The summed E-state index contributed by atoms with van der Waals surface area (Å²) in [6, 6.07) is 12.8. The molecule has 2 aromatic carbocycles. The standard InChI is InChI=1S/C18H20FNO3/c1-20(12-13-23-16-9-7-15(19)8-10-16)18(22)11-6-14-4-2-3-5-17(14)21/h2-5,7-10,21H,6,11-13H2,1H3. The molecule has 2 rings (SSSR count). The Morgan fingerprint density at radius 1 is 1.17 bits per heavy atom. The van der Waals surface area contributed by atoms with Gasteiger partial charge in [0.25, 0.3) is 0 Å². The Kier molecular flexibility index (Phi) is 5.97. The van der Waals surface area contributed by atoms with Crippen LogP contribution in [0.3, 0.4) is 0 Å². The maximum Gasteiger partial charge on any atom is 0.222 e. The van der Waals surface area contributed by atoms with E-state index in [0.29, 0.717) is 31.7 Å². The number of amides is 1. The molecule has 4 nitrogen and oxygen atoms in total. The molecule has 0 bridgehead atoms. The number of para-hydroxylation sites is 1. The normalized spacial score (nSPS) is 10.3. The Labute approximate surface area is 135 Å². The van der Waals surface area contributed by atoms with Gasteiger partial charge in [0.1, 0.15) is 23.9 Å². The molecule has 122 valence electrons. The van der Waals surface area contributed by atoms with Crippen LogP contribution in [0.25, 0.3) is 0 Å². The van der Waals surface area contributed by atoms with Gasteiger partial charge in [0, 0.05) is 13.5 Å². The number of likely N-dealkylation sites (N-methyl/N-ethyl adjacent to an activating group) is 1. The third kappa shape index (κ3) is 5.29. The van der Waals surface area contributed by atoms with Crippen LogP contribution >= 0.6 is 0 Å². The fourth-order valence-electron chi connectivity index (χ4n) is 2.11. The van der Waals surface area contributed by atoms with Gasteiger partial charge in [-0.05, 0) is 42.3 Å². The largest absolute Gasteiger partial charge is 0.508 e. The molecule has 5 heteroatoms. The minimum Gasteiger partial charge on any atom is -0.508 e. The Bertz CT molecular complexity index is 643. The number of phenolic OH excluding ortho intramolecular Hbond substituents is 1. The Balaban J connectivity index is 1.72. The fraction of sp³-hybridized carbons (Fsp3) is 0.278. The quantitative estimate of drug-likeness (QED) is 0.854. The monoisotopic (exact) mass is 317 g/mol. The highest BCUT2D eigenvalue weighted by Crippen LogP contribution is 2.17. The second-order valence-electron chi connectivity index (χ2n) is 5.25. The number of nitrogens with zero attached hydrogens (tertiary/aromatic N) is 1. The number of hydrogen-bond donors (Lipinski definition) is 1. The van der Waals surface area contributed by atoms with Crippen molar-refractivity contribution >= 4 is 5.91 Å². The zero-order valence-corrected chi connectivity index (χ0v) is 13.0. The van der Waals surface area contributed by atoms with Gasteiger partial charge in [-0.3, -0.25) is 4.79 Å². The Hall–Kier alpha value is -2.56. The molecule has 0 aliphatic rings. The molecule has 0 spiro atoms. The van der Waals surface area contributed by atoms with E-state index in [0.717, 1.165) is 5.56 Å². The lowest BCUT2D eigenvalue weighted by Crippen LogP contribution is -2.31. The molecule has 0 aliphatic carbocycles. The molecule has 0 saturated heterocycles. The fourth-order valence-corrected chi connectivity index (χ4v) is 2.11. The molecule has 0 unspecified atom stereocenters. The lowest BCUT2D eigenvalue weighted by molar-refractivity contribution is -0.130. The molecule has 0 saturated carbocycles. The number of aromatic hydroxyl groups is 1. The van der Waals surface area contributed by atoms with Crippen molar-refractivity contribution in [2.75, 3.05) is 20.2 Å². The van der Waals surface area contributed by atoms with Crippen molar-refractivity contribution in [3.63, 3.8) is 0 Å². The first-order valence-electron chi connectivity index (χ1n) is 7.45. The number of benzene rings is 2. The molecular formula is C18H20FNO3. The van der Waals surface area contributed by atoms with E-state index in [1.165, 1.54) is 12.1 Å². The molecule has 23 heavy (non-hydrogen) atoms. The lowest BCUT2D eigenvalue weighted by Gasteiger charge is -2.17. The summed E-state index contributed by atoms with van der Waals surface area (Å²) in [6.45, 7) is 0.779. The molecule has 0 radical (unpaired) electrons. The SMILES string of the molecule is CN(CCOc1ccc(F)cc1)C(=O)CCc1ccccc1O. The Morgan fingerprint density at radius 2 is 1.87 bits per heavy atom. The number of phenols is 1. The number of ether oxygens (including phenoxy) is 1. The molecule has 1 N–H and O–H groups in total. The van der Waals surface area contributed by atoms with Gasteiger partial charge in [0.15, 0.2) is 0 Å². The predicted molar refractivity (Wildman–Crippen MR) is 86.0 cm³/mol. The van der Waals surface area contributed by atoms with E-state index in [-0.39, 0.29) is 17.5 Å². The van der Waals surface area contributed by atoms with Gasteiger partial charge in [-0.1, -0.05) is 18.2 Å². The van der Waals surface area contributed by atoms with Crippen LogP contribution in [0, 0.1) is 5.82 Å². The van der Waals surface area contributed by atoms with Crippen LogP contribution in [0.4, 0.5) is 4.39 Å². The number of aryl methyl sites for hydroxylation is 1. The first-order valence-corrected chi connectivity index (χ1v) is 7.45. The number of rotatable bonds is 7. The summed E-state index contributed by atoms with van der Waals surface area (Å²) in [6.07, 6.45) is 0.819. The first kappa shape index (κ1) is 16.8. The molecule has 2 aromatic rings. The van der Waals surface area contributed by atoms with Crippen LogP contribution in [0.2, 0.25) is 0 Å². The predicted octanol–water partition coefficient (Wildman–Crippen LogP) is 3.00. The molecular weight excluding hydrogens is 297 g/mol. The van der Waals surface area contributed by atoms with E-state index >= 15 is 0 Å². The van der Waals surface area contributed by atoms with E-state index in [2.05, 4.69) is 0 Å². The van der Waals surface area contributed by atoms with Crippen molar-refractivity contribution in [1.29, 1.82) is 0 Å². The van der Waals surface area contributed by atoms with Crippen LogP contribution in [0.1, 0.15) is 12.0 Å². The minimum absolute atomic E-state index is 0.0176. The van der Waals surface area contributed by atoms with E-state index in [9.17, 15) is 14.3 Å². The van der Waals surface area contributed by atoms with Crippen LogP contribution < -0.4 is 4.74 Å². The average molecular weight is 317 g/mol. The van der Waals surface area contributed by atoms with Crippen molar-refractivity contribution in [3.05, 3.63) is 59.9 Å². The van der Waals surface area contributed by atoms with Crippen LogP contribution in [0.15, 0.2) is 48.5 Å². The minimum atomic E-state index is -0.311. The van der Waals surface area contributed by atoms with Crippen molar-refractivity contribution in [2.45, 2.75) is 12.8 Å².